The molecule has 2 aliphatic rings. The van der Waals surface area contributed by atoms with Crippen molar-refractivity contribution in [2.75, 3.05) is 36.8 Å². The molecule has 1 amide bonds. The summed E-state index contributed by atoms with van der Waals surface area (Å²) in [6.07, 6.45) is 5.44. The summed E-state index contributed by atoms with van der Waals surface area (Å²) >= 11 is 0. The van der Waals surface area contributed by atoms with Crippen molar-refractivity contribution in [1.29, 1.82) is 0 Å². The van der Waals surface area contributed by atoms with Crippen molar-refractivity contribution in [1.82, 2.24) is 4.90 Å². The predicted octanol–water partition coefficient (Wildman–Crippen LogP) is 4.19. The molecule has 0 saturated carbocycles. The molecule has 0 radical (unpaired) electrons. The molecule has 1 aromatic carbocycles. The van der Waals surface area contributed by atoms with E-state index in [2.05, 4.69) is 4.90 Å². The number of amides is 1. The molecule has 1 aromatic rings. The van der Waals surface area contributed by atoms with Gasteiger partial charge in [0.25, 0.3) is 0 Å². The highest BCUT2D eigenvalue weighted by Crippen LogP contribution is 2.39. The van der Waals surface area contributed by atoms with Crippen LogP contribution >= 0.6 is 21.6 Å². The molecule has 132 valence electrons. The molecule has 0 N–H and O–H groups in total. The second kappa shape index (κ2) is 8.99. The standard InChI is InChI=1S/C18H25FN2OS2/c19-15-5-7-16(8-6-15)20-10-12-21(13-11-20)18(22)4-2-1-3-17-9-14-23-24-17/h5-8,17H,1-4,9-14H2/t17-/m1/s1. The molecule has 3 rings (SSSR count). The number of benzene rings is 1. The van der Waals surface area contributed by atoms with Crippen molar-refractivity contribution in [3.8, 4) is 0 Å². The van der Waals surface area contributed by atoms with Crippen molar-refractivity contribution in [3.05, 3.63) is 30.1 Å². The average Bonchev–Trinajstić information content (AvgIpc) is 3.13. The van der Waals surface area contributed by atoms with Crippen LogP contribution in [0.25, 0.3) is 0 Å². The molecule has 3 nitrogen and oxygen atoms in total. The molecular weight excluding hydrogens is 343 g/mol. The average molecular weight is 369 g/mol. The molecule has 0 aromatic heterocycles. The molecule has 0 aliphatic carbocycles. The summed E-state index contributed by atoms with van der Waals surface area (Å²) in [5, 5.41) is 0.810. The minimum atomic E-state index is -0.206. The Balaban J connectivity index is 1.34. The summed E-state index contributed by atoms with van der Waals surface area (Å²) < 4.78 is 13.0. The molecule has 2 aliphatic heterocycles. The number of nitrogens with zero attached hydrogens (tertiary/aromatic N) is 2. The Morgan fingerprint density at radius 2 is 1.88 bits per heavy atom. The van der Waals surface area contributed by atoms with E-state index in [-0.39, 0.29) is 5.82 Å². The molecule has 2 fully saturated rings. The number of unbranched alkanes of at least 4 members (excludes halogenated alkanes) is 1. The van der Waals surface area contributed by atoms with E-state index >= 15 is 0 Å². The Labute approximate surface area is 151 Å². The van der Waals surface area contributed by atoms with Gasteiger partial charge in [0.05, 0.1) is 0 Å². The lowest BCUT2D eigenvalue weighted by Crippen LogP contribution is -2.48. The van der Waals surface area contributed by atoms with Crippen LogP contribution in [0.4, 0.5) is 10.1 Å². The second-order valence-corrected chi connectivity index (χ2v) is 9.21. The number of anilines is 1. The summed E-state index contributed by atoms with van der Waals surface area (Å²) in [6, 6.07) is 6.61. The zero-order chi connectivity index (χ0) is 16.8. The maximum absolute atomic E-state index is 13.0. The van der Waals surface area contributed by atoms with Crippen LogP contribution in [0.1, 0.15) is 32.1 Å². The van der Waals surface area contributed by atoms with Gasteiger partial charge in [-0.3, -0.25) is 4.79 Å². The summed E-state index contributed by atoms with van der Waals surface area (Å²) in [6.45, 7) is 3.19. The summed E-state index contributed by atoms with van der Waals surface area (Å²) in [7, 11) is 4.00. The number of carbonyl (C=O) groups is 1. The van der Waals surface area contributed by atoms with Crippen LogP contribution in [-0.2, 0) is 4.79 Å². The van der Waals surface area contributed by atoms with Crippen LogP contribution in [0.2, 0.25) is 0 Å². The van der Waals surface area contributed by atoms with E-state index in [1.807, 2.05) is 38.6 Å². The van der Waals surface area contributed by atoms with Crippen molar-refractivity contribution >= 4 is 33.2 Å². The van der Waals surface area contributed by atoms with Crippen LogP contribution in [0, 0.1) is 5.82 Å². The van der Waals surface area contributed by atoms with Gasteiger partial charge in [0.1, 0.15) is 5.82 Å². The Kier molecular flexibility index (Phi) is 6.72. The van der Waals surface area contributed by atoms with Crippen LogP contribution < -0.4 is 4.90 Å². The van der Waals surface area contributed by atoms with E-state index in [4.69, 9.17) is 0 Å². The fourth-order valence-electron chi connectivity index (χ4n) is 3.24. The van der Waals surface area contributed by atoms with E-state index in [0.29, 0.717) is 12.3 Å². The van der Waals surface area contributed by atoms with Gasteiger partial charge in [0.2, 0.25) is 5.91 Å². The number of hydrogen-bond acceptors (Lipinski definition) is 4. The number of hydrogen-bond donors (Lipinski definition) is 0. The number of carbonyl (C=O) groups excluding carboxylic acids is 1. The summed E-state index contributed by atoms with van der Waals surface area (Å²) in [4.78, 5) is 16.5. The third-order valence-electron chi connectivity index (χ3n) is 4.72. The highest BCUT2D eigenvalue weighted by Gasteiger charge is 2.21. The zero-order valence-electron chi connectivity index (χ0n) is 14.0. The summed E-state index contributed by atoms with van der Waals surface area (Å²) in [5.74, 6) is 1.37. The van der Waals surface area contributed by atoms with Crippen molar-refractivity contribution in [2.45, 2.75) is 37.4 Å². The topological polar surface area (TPSA) is 23.6 Å². The van der Waals surface area contributed by atoms with E-state index in [1.165, 1.54) is 37.1 Å². The van der Waals surface area contributed by atoms with Gasteiger partial charge in [-0.15, -0.1) is 0 Å². The lowest BCUT2D eigenvalue weighted by Gasteiger charge is -2.36. The molecule has 0 unspecified atom stereocenters. The van der Waals surface area contributed by atoms with Crippen LogP contribution in [-0.4, -0.2) is 48.0 Å². The van der Waals surface area contributed by atoms with E-state index in [9.17, 15) is 9.18 Å². The zero-order valence-corrected chi connectivity index (χ0v) is 15.6. The fourth-order valence-corrected chi connectivity index (χ4v) is 6.26. The van der Waals surface area contributed by atoms with Gasteiger partial charge in [-0.05, 0) is 43.5 Å². The van der Waals surface area contributed by atoms with E-state index in [0.717, 1.165) is 43.5 Å². The second-order valence-electron chi connectivity index (χ2n) is 6.42. The van der Waals surface area contributed by atoms with Crippen LogP contribution in [0.15, 0.2) is 24.3 Å². The van der Waals surface area contributed by atoms with E-state index < -0.39 is 0 Å². The minimum Gasteiger partial charge on any atom is -0.368 e. The first-order valence-electron chi connectivity index (χ1n) is 8.79. The normalized spacial score (nSPS) is 21.3. The fraction of sp³-hybridized carbons (Fsp3) is 0.611. The molecule has 0 spiro atoms. The van der Waals surface area contributed by atoms with Crippen LogP contribution in [0.3, 0.4) is 0 Å². The number of rotatable bonds is 6. The Hall–Kier alpha value is -0.880. The molecule has 24 heavy (non-hydrogen) atoms. The van der Waals surface area contributed by atoms with Gasteiger partial charge in [-0.2, -0.15) is 0 Å². The smallest absolute Gasteiger partial charge is 0.222 e. The Morgan fingerprint density at radius 3 is 2.54 bits per heavy atom. The lowest BCUT2D eigenvalue weighted by molar-refractivity contribution is -0.131. The third-order valence-corrected chi connectivity index (χ3v) is 7.72. The van der Waals surface area contributed by atoms with E-state index in [1.54, 1.807) is 0 Å². The van der Waals surface area contributed by atoms with Crippen molar-refractivity contribution < 1.29 is 9.18 Å². The first-order chi connectivity index (χ1) is 11.7. The van der Waals surface area contributed by atoms with Gasteiger partial charge in [-0.1, -0.05) is 28.0 Å². The summed E-state index contributed by atoms with van der Waals surface area (Å²) in [5.41, 5.74) is 1.04. The SMILES string of the molecule is O=C(CCCC[C@@H]1CCSS1)N1CCN(c2ccc(F)cc2)CC1. The molecule has 6 heteroatoms. The maximum atomic E-state index is 13.0. The predicted molar refractivity (Wildman–Crippen MR) is 102 cm³/mol. The third kappa shape index (κ3) is 5.06. The van der Waals surface area contributed by atoms with Crippen LogP contribution in [0.5, 0.6) is 0 Å². The first kappa shape index (κ1) is 17.9. The number of halogens is 1. The van der Waals surface area contributed by atoms with Gasteiger partial charge in [0.15, 0.2) is 0 Å². The van der Waals surface area contributed by atoms with Gasteiger partial charge in [-0.25, -0.2) is 4.39 Å². The van der Waals surface area contributed by atoms with Crippen molar-refractivity contribution in [3.63, 3.8) is 0 Å². The van der Waals surface area contributed by atoms with Gasteiger partial charge >= 0.3 is 0 Å². The highest BCUT2D eigenvalue weighted by molar-refractivity contribution is 8.77. The maximum Gasteiger partial charge on any atom is 0.222 e. The molecule has 0 bridgehead atoms. The number of piperazine rings is 1. The highest BCUT2D eigenvalue weighted by atomic mass is 33.1. The molecule has 2 saturated heterocycles. The molecule has 1 atom stereocenters. The molecular formula is C18H25FN2OS2. The monoisotopic (exact) mass is 368 g/mol. The van der Waals surface area contributed by atoms with Gasteiger partial charge in [0, 0.05) is 49.3 Å². The van der Waals surface area contributed by atoms with Crippen molar-refractivity contribution in [2.24, 2.45) is 0 Å². The first-order valence-corrected chi connectivity index (χ1v) is 11.2. The quantitative estimate of drug-likeness (QED) is 0.555. The Morgan fingerprint density at radius 1 is 1.12 bits per heavy atom. The van der Waals surface area contributed by atoms with Gasteiger partial charge < -0.3 is 9.80 Å². The molecule has 2 heterocycles. The lowest BCUT2D eigenvalue weighted by atomic mass is 10.1. The Bertz CT molecular complexity index is 526. The minimum absolute atomic E-state index is 0.206. The largest absolute Gasteiger partial charge is 0.368 e.